The van der Waals surface area contributed by atoms with Crippen molar-refractivity contribution in [3.05, 3.63) is 72.3 Å². The molecule has 6 nitrogen and oxygen atoms in total. The lowest BCUT2D eigenvalue weighted by Gasteiger charge is -2.09. The molecule has 4 N–H and O–H groups in total. The molecular formula is C19H18N6. The van der Waals surface area contributed by atoms with Crippen LogP contribution in [0.4, 0.5) is 34.1 Å². The molecule has 6 heteroatoms. The summed E-state index contributed by atoms with van der Waals surface area (Å²) in [6, 6.07) is 20.6. The van der Waals surface area contributed by atoms with E-state index < -0.39 is 0 Å². The van der Waals surface area contributed by atoms with Gasteiger partial charge in [-0.15, -0.1) is 10.2 Å². The van der Waals surface area contributed by atoms with Gasteiger partial charge in [0.2, 0.25) is 0 Å². The van der Waals surface area contributed by atoms with Gasteiger partial charge < -0.3 is 11.5 Å². The number of hydrogen-bond acceptors (Lipinski definition) is 6. The fourth-order valence-electron chi connectivity index (χ4n) is 2.21. The smallest absolute Gasteiger partial charge is 0.134 e. The van der Waals surface area contributed by atoms with Gasteiger partial charge >= 0.3 is 0 Å². The van der Waals surface area contributed by atoms with Gasteiger partial charge in [-0.05, 0) is 42.8 Å². The summed E-state index contributed by atoms with van der Waals surface area (Å²) >= 11 is 0. The molecule has 0 bridgehead atoms. The average molecular weight is 330 g/mol. The molecule has 0 unspecified atom stereocenters. The van der Waals surface area contributed by atoms with Crippen molar-refractivity contribution < 1.29 is 0 Å². The second-order valence-electron chi connectivity index (χ2n) is 5.46. The second-order valence-corrected chi connectivity index (χ2v) is 5.46. The molecule has 0 heterocycles. The minimum atomic E-state index is 0.350. The predicted octanol–water partition coefficient (Wildman–Crippen LogP) is 5.99. The highest BCUT2D eigenvalue weighted by Crippen LogP contribution is 2.41. The first-order chi connectivity index (χ1) is 12.1. The topological polar surface area (TPSA) is 101 Å². The minimum absolute atomic E-state index is 0.350. The number of azo groups is 2. The van der Waals surface area contributed by atoms with Crippen molar-refractivity contribution in [2.75, 3.05) is 11.5 Å². The largest absolute Gasteiger partial charge is 0.397 e. The van der Waals surface area contributed by atoms with E-state index in [-0.39, 0.29) is 0 Å². The van der Waals surface area contributed by atoms with Gasteiger partial charge in [0, 0.05) is 0 Å². The number of hydrogen-bond donors (Lipinski definition) is 2. The van der Waals surface area contributed by atoms with Crippen LogP contribution in [0.2, 0.25) is 0 Å². The lowest BCUT2D eigenvalue weighted by molar-refractivity contribution is 1.20. The number of aryl methyl sites for hydroxylation is 1. The van der Waals surface area contributed by atoms with Crippen LogP contribution >= 0.6 is 0 Å². The number of rotatable bonds is 4. The lowest BCUT2D eigenvalue weighted by atomic mass is 10.1. The molecule has 0 aliphatic heterocycles. The molecule has 25 heavy (non-hydrogen) atoms. The predicted molar refractivity (Wildman–Crippen MR) is 101 cm³/mol. The Morgan fingerprint density at radius 2 is 1.16 bits per heavy atom. The van der Waals surface area contributed by atoms with Crippen LogP contribution in [0, 0.1) is 6.92 Å². The molecule has 0 saturated heterocycles. The first kappa shape index (κ1) is 16.3. The summed E-state index contributed by atoms with van der Waals surface area (Å²) in [6.45, 7) is 1.87. The highest BCUT2D eigenvalue weighted by Gasteiger charge is 2.12. The monoisotopic (exact) mass is 330 g/mol. The molecular weight excluding hydrogens is 312 g/mol. The zero-order valence-corrected chi connectivity index (χ0v) is 13.8. The molecule has 3 aromatic rings. The van der Waals surface area contributed by atoms with Crippen molar-refractivity contribution in [2.45, 2.75) is 6.92 Å². The van der Waals surface area contributed by atoms with Gasteiger partial charge in [0.1, 0.15) is 11.4 Å². The zero-order valence-electron chi connectivity index (χ0n) is 13.8. The lowest BCUT2D eigenvalue weighted by Crippen LogP contribution is -1.95. The third-order valence-electron chi connectivity index (χ3n) is 3.62. The van der Waals surface area contributed by atoms with E-state index in [1.165, 1.54) is 0 Å². The molecule has 0 saturated carbocycles. The first-order valence-electron chi connectivity index (χ1n) is 7.77. The van der Waals surface area contributed by atoms with E-state index in [4.69, 9.17) is 11.5 Å². The highest BCUT2D eigenvalue weighted by atomic mass is 15.1. The van der Waals surface area contributed by atoms with Gasteiger partial charge in [0.15, 0.2) is 0 Å². The summed E-state index contributed by atoms with van der Waals surface area (Å²) in [7, 11) is 0. The minimum Gasteiger partial charge on any atom is -0.397 e. The molecule has 0 amide bonds. The second kappa shape index (κ2) is 7.35. The first-order valence-corrected chi connectivity index (χ1v) is 7.77. The normalized spacial score (nSPS) is 11.4. The summed E-state index contributed by atoms with van der Waals surface area (Å²) in [6.07, 6.45) is 0. The number of benzene rings is 3. The maximum Gasteiger partial charge on any atom is 0.134 e. The fourth-order valence-corrected chi connectivity index (χ4v) is 2.21. The standard InChI is InChI=1S/C19H18N6/c1-13-12-16(24-22-14-8-4-2-5-9-14)18(21)19(17(13)20)25-23-15-10-6-3-7-11-15/h2-12H,20-21H2,1H3. The highest BCUT2D eigenvalue weighted by molar-refractivity contribution is 5.87. The van der Waals surface area contributed by atoms with E-state index in [1.54, 1.807) is 6.07 Å². The Bertz CT molecular complexity index is 918. The Hall–Kier alpha value is -3.54. The van der Waals surface area contributed by atoms with Crippen LogP contribution in [-0.2, 0) is 0 Å². The van der Waals surface area contributed by atoms with Crippen molar-refractivity contribution in [1.82, 2.24) is 0 Å². The summed E-state index contributed by atoms with van der Waals surface area (Å²) in [5, 5.41) is 16.9. The van der Waals surface area contributed by atoms with E-state index in [0.717, 1.165) is 16.9 Å². The zero-order chi connectivity index (χ0) is 17.6. The van der Waals surface area contributed by atoms with Gasteiger partial charge in [-0.25, -0.2) is 0 Å². The maximum atomic E-state index is 6.19. The van der Waals surface area contributed by atoms with Crippen molar-refractivity contribution in [3.63, 3.8) is 0 Å². The quantitative estimate of drug-likeness (QED) is 0.453. The summed E-state index contributed by atoms with van der Waals surface area (Å²) in [5.74, 6) is 0. The van der Waals surface area contributed by atoms with Crippen LogP contribution in [0.3, 0.4) is 0 Å². The fraction of sp³-hybridized carbons (Fsp3) is 0.0526. The van der Waals surface area contributed by atoms with E-state index in [2.05, 4.69) is 20.5 Å². The van der Waals surface area contributed by atoms with E-state index >= 15 is 0 Å². The molecule has 0 aliphatic rings. The molecule has 0 fully saturated rings. The number of nitrogens with two attached hydrogens (primary N) is 2. The Labute approximate surface area is 145 Å². The average Bonchev–Trinajstić information content (AvgIpc) is 2.65. The summed E-state index contributed by atoms with van der Waals surface area (Å²) in [4.78, 5) is 0. The third kappa shape index (κ3) is 3.87. The Balaban J connectivity index is 1.97. The van der Waals surface area contributed by atoms with Crippen LogP contribution in [-0.4, -0.2) is 0 Å². The SMILES string of the molecule is Cc1cc(N=Nc2ccccc2)c(N)c(N=Nc2ccccc2)c1N. The van der Waals surface area contributed by atoms with Gasteiger partial charge in [-0.3, -0.25) is 0 Å². The molecule has 0 aliphatic carbocycles. The number of nitrogens with zero attached hydrogens (tertiary/aromatic N) is 4. The molecule has 3 aromatic carbocycles. The van der Waals surface area contributed by atoms with Gasteiger partial charge in [0.05, 0.1) is 22.7 Å². The maximum absolute atomic E-state index is 6.19. The Morgan fingerprint density at radius 1 is 0.640 bits per heavy atom. The van der Waals surface area contributed by atoms with Crippen LogP contribution in [0.25, 0.3) is 0 Å². The van der Waals surface area contributed by atoms with Gasteiger partial charge in [-0.2, -0.15) is 10.2 Å². The molecule has 0 spiro atoms. The van der Waals surface area contributed by atoms with E-state index in [0.29, 0.717) is 22.7 Å². The van der Waals surface area contributed by atoms with Crippen molar-refractivity contribution >= 4 is 34.1 Å². The molecule has 0 atom stereocenters. The van der Waals surface area contributed by atoms with Gasteiger partial charge in [0.25, 0.3) is 0 Å². The third-order valence-corrected chi connectivity index (χ3v) is 3.62. The number of anilines is 2. The molecule has 124 valence electrons. The van der Waals surface area contributed by atoms with Crippen molar-refractivity contribution in [3.8, 4) is 0 Å². The van der Waals surface area contributed by atoms with E-state index in [1.807, 2.05) is 67.6 Å². The Morgan fingerprint density at radius 3 is 1.72 bits per heavy atom. The Kier molecular flexibility index (Phi) is 4.80. The molecule has 3 rings (SSSR count). The van der Waals surface area contributed by atoms with Crippen LogP contribution < -0.4 is 11.5 Å². The van der Waals surface area contributed by atoms with Crippen LogP contribution in [0.15, 0.2) is 87.2 Å². The summed E-state index contributed by atoms with van der Waals surface area (Å²) in [5.41, 5.74) is 16.3. The van der Waals surface area contributed by atoms with Crippen molar-refractivity contribution in [1.29, 1.82) is 0 Å². The van der Waals surface area contributed by atoms with Crippen LogP contribution in [0.1, 0.15) is 5.56 Å². The molecule has 0 aromatic heterocycles. The van der Waals surface area contributed by atoms with Crippen molar-refractivity contribution in [2.24, 2.45) is 20.5 Å². The summed E-state index contributed by atoms with van der Waals surface area (Å²) < 4.78 is 0. The van der Waals surface area contributed by atoms with Gasteiger partial charge in [-0.1, -0.05) is 36.4 Å². The van der Waals surface area contributed by atoms with Crippen LogP contribution in [0.5, 0.6) is 0 Å². The van der Waals surface area contributed by atoms with E-state index in [9.17, 15) is 0 Å². The number of nitrogen functional groups attached to an aromatic ring is 2. The molecule has 0 radical (unpaired) electrons.